The lowest BCUT2D eigenvalue weighted by molar-refractivity contribution is -0.113. The second-order valence-corrected chi connectivity index (χ2v) is 7.94. The average molecular weight is 404 g/mol. The fraction of sp³-hybridized carbons (Fsp3) is 0.357. The van der Waals surface area contributed by atoms with Crippen LogP contribution >= 0.6 is 39.3 Å². The number of aromatic amines is 1. The smallest absolute Gasteiger partial charge is 0.234 e. The van der Waals surface area contributed by atoms with E-state index in [0.29, 0.717) is 15.9 Å². The van der Waals surface area contributed by atoms with Crippen LogP contribution in [-0.4, -0.2) is 26.8 Å². The molecule has 8 heteroatoms. The summed E-state index contributed by atoms with van der Waals surface area (Å²) in [6, 6.07) is 5.30. The first-order valence-corrected chi connectivity index (χ1v) is 8.72. The number of rotatable bonds is 4. The van der Waals surface area contributed by atoms with Gasteiger partial charge in [0.15, 0.2) is 0 Å². The molecule has 0 bridgehead atoms. The van der Waals surface area contributed by atoms with Crippen molar-refractivity contribution >= 4 is 50.9 Å². The first-order chi connectivity index (χ1) is 10.3. The van der Waals surface area contributed by atoms with Gasteiger partial charge in [-0.2, -0.15) is 0 Å². The van der Waals surface area contributed by atoms with Gasteiger partial charge in [0.05, 0.1) is 16.5 Å². The number of aromatic nitrogens is 3. The number of anilines is 1. The molecule has 1 heterocycles. The highest BCUT2D eigenvalue weighted by Crippen LogP contribution is 2.26. The Morgan fingerprint density at radius 1 is 1.45 bits per heavy atom. The Hall–Kier alpha value is -1.05. The van der Waals surface area contributed by atoms with Gasteiger partial charge in [-0.05, 0) is 18.2 Å². The van der Waals surface area contributed by atoms with Crippen molar-refractivity contribution in [1.82, 2.24) is 15.2 Å². The van der Waals surface area contributed by atoms with E-state index in [1.807, 2.05) is 26.8 Å². The summed E-state index contributed by atoms with van der Waals surface area (Å²) in [6.45, 7) is 6.14. The molecule has 0 radical (unpaired) electrons. The van der Waals surface area contributed by atoms with Crippen LogP contribution in [-0.2, 0) is 10.2 Å². The van der Waals surface area contributed by atoms with E-state index in [-0.39, 0.29) is 17.1 Å². The molecule has 0 unspecified atom stereocenters. The molecule has 2 rings (SSSR count). The van der Waals surface area contributed by atoms with Crippen LogP contribution in [0.1, 0.15) is 26.6 Å². The van der Waals surface area contributed by atoms with Gasteiger partial charge in [-0.1, -0.05) is 60.1 Å². The number of amides is 1. The first-order valence-electron chi connectivity index (χ1n) is 6.56. The standard InChI is InChI=1S/C14H16BrClN4OS/c1-14(2,3)12-18-13(20-19-12)22-7-11(21)17-10-5-4-8(15)6-9(10)16/h4-6H,7H2,1-3H3,(H,17,21)(H,18,19,20). The highest BCUT2D eigenvalue weighted by atomic mass is 79.9. The fourth-order valence-corrected chi connectivity index (χ4v) is 2.87. The Balaban J connectivity index is 1.91. The van der Waals surface area contributed by atoms with Crippen molar-refractivity contribution in [3.8, 4) is 0 Å². The molecule has 1 amide bonds. The van der Waals surface area contributed by atoms with Crippen LogP contribution in [0.15, 0.2) is 27.8 Å². The summed E-state index contributed by atoms with van der Waals surface area (Å²) in [4.78, 5) is 16.3. The van der Waals surface area contributed by atoms with E-state index >= 15 is 0 Å². The van der Waals surface area contributed by atoms with Crippen molar-refractivity contribution in [1.29, 1.82) is 0 Å². The lowest BCUT2D eigenvalue weighted by Gasteiger charge is -2.12. The third kappa shape index (κ3) is 4.72. The van der Waals surface area contributed by atoms with Crippen LogP contribution in [0, 0.1) is 0 Å². The minimum atomic E-state index is -0.156. The van der Waals surface area contributed by atoms with Crippen LogP contribution in [0.4, 0.5) is 5.69 Å². The molecule has 5 nitrogen and oxygen atoms in total. The lowest BCUT2D eigenvalue weighted by atomic mass is 9.96. The Bertz CT molecular complexity index is 684. The van der Waals surface area contributed by atoms with E-state index in [4.69, 9.17) is 11.6 Å². The molecule has 0 saturated carbocycles. The summed E-state index contributed by atoms with van der Waals surface area (Å²) < 4.78 is 0.861. The Kier molecular flexibility index (Phi) is 5.52. The van der Waals surface area contributed by atoms with Gasteiger partial charge in [-0.25, -0.2) is 4.98 Å². The number of halogens is 2. The lowest BCUT2D eigenvalue weighted by Crippen LogP contribution is -2.14. The molecule has 2 N–H and O–H groups in total. The van der Waals surface area contributed by atoms with Crippen LogP contribution in [0.5, 0.6) is 0 Å². The van der Waals surface area contributed by atoms with Gasteiger partial charge in [-0.3, -0.25) is 9.89 Å². The number of nitrogens with zero attached hydrogens (tertiary/aromatic N) is 2. The van der Waals surface area contributed by atoms with Crippen molar-refractivity contribution in [2.45, 2.75) is 31.3 Å². The van der Waals surface area contributed by atoms with Gasteiger partial charge in [-0.15, -0.1) is 5.10 Å². The van der Waals surface area contributed by atoms with Crippen LogP contribution in [0.3, 0.4) is 0 Å². The third-order valence-electron chi connectivity index (χ3n) is 2.71. The Morgan fingerprint density at radius 2 is 2.18 bits per heavy atom. The number of nitrogens with one attached hydrogen (secondary N) is 2. The second-order valence-electron chi connectivity index (χ2n) is 5.68. The highest BCUT2D eigenvalue weighted by Gasteiger charge is 2.19. The first kappa shape index (κ1) is 17.3. The maximum atomic E-state index is 12.0. The minimum Gasteiger partial charge on any atom is -0.324 e. The number of hydrogen-bond donors (Lipinski definition) is 2. The monoisotopic (exact) mass is 402 g/mol. The van der Waals surface area contributed by atoms with E-state index in [0.717, 1.165) is 10.3 Å². The summed E-state index contributed by atoms with van der Waals surface area (Å²) in [6.07, 6.45) is 0. The molecular formula is C14H16BrClN4OS. The summed E-state index contributed by atoms with van der Waals surface area (Å²) in [5, 5.41) is 10.8. The van der Waals surface area contributed by atoms with Crippen molar-refractivity contribution < 1.29 is 4.79 Å². The van der Waals surface area contributed by atoms with E-state index in [1.54, 1.807) is 12.1 Å². The van der Waals surface area contributed by atoms with Gasteiger partial charge in [0.2, 0.25) is 11.1 Å². The largest absolute Gasteiger partial charge is 0.324 e. The van der Waals surface area contributed by atoms with Crippen molar-refractivity contribution in [2.24, 2.45) is 0 Å². The molecule has 0 aliphatic rings. The number of carbonyl (C=O) groups is 1. The molecule has 1 aromatic heterocycles. The second kappa shape index (κ2) is 7.02. The Morgan fingerprint density at radius 3 is 2.77 bits per heavy atom. The summed E-state index contributed by atoms with van der Waals surface area (Å²) in [7, 11) is 0. The molecule has 0 spiro atoms. The molecule has 2 aromatic rings. The molecule has 0 aliphatic heterocycles. The fourth-order valence-electron chi connectivity index (χ4n) is 1.55. The van der Waals surface area contributed by atoms with E-state index in [9.17, 15) is 4.79 Å². The van der Waals surface area contributed by atoms with E-state index in [2.05, 4.69) is 36.4 Å². The molecule has 0 fully saturated rings. The van der Waals surface area contributed by atoms with Gasteiger partial charge in [0.25, 0.3) is 0 Å². The predicted octanol–water partition coefficient (Wildman–Crippen LogP) is 4.25. The molecule has 0 saturated heterocycles. The minimum absolute atomic E-state index is 0.0982. The van der Waals surface area contributed by atoms with Crippen molar-refractivity contribution in [3.05, 3.63) is 33.5 Å². The molecule has 1 aromatic carbocycles. The number of hydrogen-bond acceptors (Lipinski definition) is 4. The highest BCUT2D eigenvalue weighted by molar-refractivity contribution is 9.10. The summed E-state index contributed by atoms with van der Waals surface area (Å²) in [5.74, 6) is 0.857. The molecule has 0 atom stereocenters. The molecule has 118 valence electrons. The van der Waals surface area contributed by atoms with Gasteiger partial charge < -0.3 is 5.32 Å². The molecule has 22 heavy (non-hydrogen) atoms. The maximum absolute atomic E-state index is 12.0. The zero-order valence-corrected chi connectivity index (χ0v) is 15.6. The third-order valence-corrected chi connectivity index (χ3v) is 4.37. The summed E-state index contributed by atoms with van der Waals surface area (Å²) >= 11 is 10.7. The van der Waals surface area contributed by atoms with Crippen molar-refractivity contribution in [3.63, 3.8) is 0 Å². The quantitative estimate of drug-likeness (QED) is 0.749. The van der Waals surface area contributed by atoms with Gasteiger partial charge in [0, 0.05) is 9.89 Å². The molecule has 0 aliphatic carbocycles. The zero-order chi connectivity index (χ0) is 16.3. The number of carbonyl (C=O) groups excluding carboxylic acids is 1. The number of thioether (sulfide) groups is 1. The van der Waals surface area contributed by atoms with Crippen LogP contribution < -0.4 is 5.32 Å². The average Bonchev–Trinajstić information content (AvgIpc) is 2.88. The zero-order valence-electron chi connectivity index (χ0n) is 12.4. The van der Waals surface area contributed by atoms with E-state index < -0.39 is 0 Å². The maximum Gasteiger partial charge on any atom is 0.234 e. The van der Waals surface area contributed by atoms with Crippen LogP contribution in [0.25, 0.3) is 0 Å². The predicted molar refractivity (Wildman–Crippen MR) is 93.6 cm³/mol. The topological polar surface area (TPSA) is 70.7 Å². The number of benzene rings is 1. The van der Waals surface area contributed by atoms with Gasteiger partial charge in [0.1, 0.15) is 5.82 Å². The molecular weight excluding hydrogens is 388 g/mol. The number of H-pyrrole nitrogens is 1. The summed E-state index contributed by atoms with van der Waals surface area (Å²) in [5.41, 5.74) is 0.486. The normalized spacial score (nSPS) is 11.5. The Labute approximate surface area is 146 Å². The van der Waals surface area contributed by atoms with Gasteiger partial charge >= 0.3 is 0 Å². The van der Waals surface area contributed by atoms with E-state index in [1.165, 1.54) is 11.8 Å². The SMILES string of the molecule is CC(C)(C)c1nc(SCC(=O)Nc2ccc(Br)cc2Cl)n[nH]1. The van der Waals surface area contributed by atoms with Crippen LogP contribution in [0.2, 0.25) is 5.02 Å². The van der Waals surface area contributed by atoms with Crippen molar-refractivity contribution in [2.75, 3.05) is 11.1 Å².